The number of thiophene rings is 1. The van der Waals surface area contributed by atoms with Crippen molar-refractivity contribution in [3.8, 4) is 6.07 Å². The molecular formula is C24H30N4O2S2. The van der Waals surface area contributed by atoms with E-state index in [4.69, 9.17) is 5.26 Å². The van der Waals surface area contributed by atoms with E-state index in [2.05, 4.69) is 33.0 Å². The zero-order chi connectivity index (χ0) is 22.8. The third kappa shape index (κ3) is 7.66. The summed E-state index contributed by atoms with van der Waals surface area (Å²) in [7, 11) is 0. The van der Waals surface area contributed by atoms with Crippen molar-refractivity contribution in [2.75, 3.05) is 37.2 Å². The van der Waals surface area contributed by atoms with Crippen LogP contribution < -0.4 is 10.6 Å². The molecule has 0 aliphatic carbocycles. The van der Waals surface area contributed by atoms with Crippen LogP contribution in [0, 0.1) is 23.2 Å². The van der Waals surface area contributed by atoms with Gasteiger partial charge in [-0.25, -0.2) is 0 Å². The Morgan fingerprint density at radius 2 is 2.03 bits per heavy atom. The second-order valence-corrected chi connectivity index (χ2v) is 10.2. The normalized spacial score (nSPS) is 15.6. The first-order valence-electron chi connectivity index (χ1n) is 11.0. The van der Waals surface area contributed by atoms with Crippen LogP contribution in [-0.2, 0) is 16.0 Å². The number of rotatable bonds is 10. The molecule has 2 heterocycles. The van der Waals surface area contributed by atoms with E-state index in [9.17, 15) is 9.59 Å². The van der Waals surface area contributed by atoms with Crippen molar-refractivity contribution in [2.24, 2.45) is 11.8 Å². The summed E-state index contributed by atoms with van der Waals surface area (Å²) in [4.78, 5) is 29.4. The number of hydrogen-bond acceptors (Lipinski definition) is 6. The number of nitrogens with zero attached hydrogens (tertiary/aromatic N) is 2. The summed E-state index contributed by atoms with van der Waals surface area (Å²) >= 11 is 3.29. The second-order valence-electron chi connectivity index (χ2n) is 8.06. The smallest absolute Gasteiger partial charge is 0.238 e. The number of piperidine rings is 1. The minimum atomic E-state index is -0.0507. The summed E-state index contributed by atoms with van der Waals surface area (Å²) in [6.45, 7) is 4.37. The van der Waals surface area contributed by atoms with E-state index in [1.807, 2.05) is 37.3 Å². The molecule has 0 bridgehead atoms. The summed E-state index contributed by atoms with van der Waals surface area (Å²) in [6.07, 6.45) is 2.42. The summed E-state index contributed by atoms with van der Waals surface area (Å²) in [6, 6.07) is 14.0. The molecule has 0 saturated carbocycles. The highest BCUT2D eigenvalue weighted by Crippen LogP contribution is 2.28. The Bertz CT molecular complexity index is 918. The Hall–Kier alpha value is -2.34. The molecular weight excluding hydrogens is 440 g/mol. The summed E-state index contributed by atoms with van der Waals surface area (Å²) in [5, 5.41) is 17.1. The van der Waals surface area contributed by atoms with Crippen LogP contribution in [0.1, 0.15) is 24.6 Å². The molecule has 1 saturated heterocycles. The number of thioether (sulfide) groups is 1. The zero-order valence-corrected chi connectivity index (χ0v) is 20.0. The van der Waals surface area contributed by atoms with Crippen LogP contribution in [0.2, 0.25) is 0 Å². The number of para-hydroxylation sites is 1. The number of benzene rings is 1. The number of nitrogens with one attached hydrogen (secondary N) is 2. The van der Waals surface area contributed by atoms with E-state index >= 15 is 0 Å². The molecule has 1 aromatic carbocycles. The van der Waals surface area contributed by atoms with Crippen molar-refractivity contribution in [2.45, 2.75) is 31.1 Å². The fraction of sp³-hybridized carbons (Fsp3) is 0.458. The van der Waals surface area contributed by atoms with E-state index in [0.717, 1.165) is 42.9 Å². The van der Waals surface area contributed by atoms with Crippen LogP contribution in [0.25, 0.3) is 0 Å². The maximum atomic E-state index is 12.6. The van der Waals surface area contributed by atoms with Crippen LogP contribution >= 0.6 is 23.1 Å². The minimum Gasteiger partial charge on any atom is -0.355 e. The zero-order valence-electron chi connectivity index (χ0n) is 18.4. The van der Waals surface area contributed by atoms with Crippen LogP contribution in [0.3, 0.4) is 0 Å². The molecule has 1 atom stereocenters. The van der Waals surface area contributed by atoms with Gasteiger partial charge in [0.2, 0.25) is 11.8 Å². The molecule has 32 heavy (non-hydrogen) atoms. The first kappa shape index (κ1) is 24.3. The lowest BCUT2D eigenvalue weighted by Gasteiger charge is -2.30. The maximum Gasteiger partial charge on any atom is 0.238 e. The van der Waals surface area contributed by atoms with E-state index in [1.54, 1.807) is 23.1 Å². The number of nitriles is 1. The molecule has 1 fully saturated rings. The Labute approximate surface area is 198 Å². The van der Waals surface area contributed by atoms with Gasteiger partial charge in [-0.2, -0.15) is 5.26 Å². The van der Waals surface area contributed by atoms with Crippen molar-refractivity contribution in [3.63, 3.8) is 0 Å². The van der Waals surface area contributed by atoms with Gasteiger partial charge in [-0.15, -0.1) is 23.1 Å². The fourth-order valence-corrected chi connectivity index (χ4v) is 5.26. The Morgan fingerprint density at radius 1 is 1.25 bits per heavy atom. The van der Waals surface area contributed by atoms with Gasteiger partial charge in [0.15, 0.2) is 0 Å². The van der Waals surface area contributed by atoms with E-state index in [0.29, 0.717) is 18.8 Å². The van der Waals surface area contributed by atoms with Gasteiger partial charge in [0.05, 0.1) is 24.2 Å². The standard InChI is InChI=1S/C24H30N4O2S2/c1-18(15-25)17-32-22-7-3-2-6-21(22)27-23(29)16-28-12-9-19(10-13-28)24(30)26-11-8-20-5-4-14-31-20/h2-7,14,18-19H,8-13,16-17H2,1H3,(H,26,30)(H,27,29). The predicted molar refractivity (Wildman–Crippen MR) is 131 cm³/mol. The molecule has 2 N–H and O–H groups in total. The molecule has 0 radical (unpaired) electrons. The first-order chi connectivity index (χ1) is 15.5. The number of amides is 2. The maximum absolute atomic E-state index is 12.6. The Morgan fingerprint density at radius 3 is 2.75 bits per heavy atom. The fourth-order valence-electron chi connectivity index (χ4n) is 3.60. The molecule has 6 nitrogen and oxygen atoms in total. The quantitative estimate of drug-likeness (QED) is 0.513. The van der Waals surface area contributed by atoms with Crippen molar-refractivity contribution in [1.29, 1.82) is 5.26 Å². The van der Waals surface area contributed by atoms with Crippen molar-refractivity contribution in [1.82, 2.24) is 10.2 Å². The average molecular weight is 471 g/mol. The highest BCUT2D eigenvalue weighted by molar-refractivity contribution is 7.99. The lowest BCUT2D eigenvalue weighted by Crippen LogP contribution is -2.43. The monoisotopic (exact) mass is 470 g/mol. The van der Waals surface area contributed by atoms with Gasteiger partial charge in [0, 0.05) is 28.0 Å². The third-order valence-corrected chi connectivity index (χ3v) is 7.72. The van der Waals surface area contributed by atoms with Crippen LogP contribution in [0.5, 0.6) is 0 Å². The second kappa shape index (κ2) is 12.6. The van der Waals surface area contributed by atoms with E-state index in [-0.39, 0.29) is 23.7 Å². The number of hydrogen-bond donors (Lipinski definition) is 2. The molecule has 1 aliphatic heterocycles. The van der Waals surface area contributed by atoms with Gasteiger partial charge in [0.1, 0.15) is 0 Å². The SMILES string of the molecule is CC(C#N)CSc1ccccc1NC(=O)CN1CCC(C(=O)NCCc2cccs2)CC1. The van der Waals surface area contributed by atoms with Crippen molar-refractivity contribution in [3.05, 3.63) is 46.7 Å². The van der Waals surface area contributed by atoms with Gasteiger partial charge >= 0.3 is 0 Å². The predicted octanol–water partition coefficient (Wildman–Crippen LogP) is 4.01. The molecule has 170 valence electrons. The van der Waals surface area contributed by atoms with Crippen molar-refractivity contribution >= 4 is 40.6 Å². The van der Waals surface area contributed by atoms with E-state index in [1.165, 1.54) is 4.88 Å². The minimum absolute atomic E-state index is 0.0249. The molecule has 2 amide bonds. The lowest BCUT2D eigenvalue weighted by molar-refractivity contribution is -0.126. The summed E-state index contributed by atoms with van der Waals surface area (Å²) in [5.41, 5.74) is 0.785. The molecule has 2 aromatic rings. The first-order valence-corrected chi connectivity index (χ1v) is 12.9. The van der Waals surface area contributed by atoms with Crippen molar-refractivity contribution < 1.29 is 9.59 Å². The van der Waals surface area contributed by atoms with Gasteiger partial charge in [-0.05, 0) is 62.9 Å². The number of carbonyl (C=O) groups excluding carboxylic acids is 2. The Kier molecular flexibility index (Phi) is 9.60. The molecule has 3 rings (SSSR count). The van der Waals surface area contributed by atoms with E-state index < -0.39 is 0 Å². The third-order valence-electron chi connectivity index (χ3n) is 5.45. The Balaban J connectivity index is 1.39. The number of likely N-dealkylation sites (tertiary alicyclic amines) is 1. The highest BCUT2D eigenvalue weighted by atomic mass is 32.2. The van der Waals surface area contributed by atoms with Crippen LogP contribution in [-0.4, -0.2) is 48.6 Å². The largest absolute Gasteiger partial charge is 0.355 e. The summed E-state index contributed by atoms with van der Waals surface area (Å²) in [5.74, 6) is 0.745. The van der Waals surface area contributed by atoms with Gasteiger partial charge in [0.25, 0.3) is 0 Å². The number of carbonyl (C=O) groups is 2. The van der Waals surface area contributed by atoms with Crippen LogP contribution in [0.4, 0.5) is 5.69 Å². The number of anilines is 1. The molecule has 8 heteroatoms. The molecule has 1 aliphatic rings. The van der Waals surface area contributed by atoms with Gasteiger partial charge in [-0.3, -0.25) is 14.5 Å². The highest BCUT2D eigenvalue weighted by Gasteiger charge is 2.25. The molecule has 1 aromatic heterocycles. The van der Waals surface area contributed by atoms with Gasteiger partial charge < -0.3 is 10.6 Å². The van der Waals surface area contributed by atoms with Crippen LogP contribution in [0.15, 0.2) is 46.7 Å². The average Bonchev–Trinajstić information content (AvgIpc) is 3.32. The molecule has 0 spiro atoms. The van der Waals surface area contributed by atoms with Gasteiger partial charge in [-0.1, -0.05) is 18.2 Å². The summed E-state index contributed by atoms with van der Waals surface area (Å²) < 4.78 is 0. The topological polar surface area (TPSA) is 85.2 Å². The molecule has 1 unspecified atom stereocenters. The lowest BCUT2D eigenvalue weighted by atomic mass is 9.96.